The normalized spacial score (nSPS) is 13.9. The molecular formula is C20H22ClFN4O2. The number of carbonyl (C=O) groups is 2. The molecule has 1 saturated heterocycles. The van der Waals surface area contributed by atoms with E-state index in [0.29, 0.717) is 31.2 Å². The zero-order chi connectivity index (χ0) is 19.9. The number of rotatable bonds is 5. The zero-order valence-electron chi connectivity index (χ0n) is 15.3. The maximum atomic E-state index is 12.9. The molecule has 2 N–H and O–H groups in total. The van der Waals surface area contributed by atoms with Gasteiger partial charge in [-0.05, 0) is 29.8 Å². The maximum Gasteiger partial charge on any atom is 0.315 e. The molecule has 1 fully saturated rings. The van der Waals surface area contributed by atoms with Crippen LogP contribution in [-0.2, 0) is 11.3 Å². The average molecular weight is 405 g/mol. The Labute approximate surface area is 168 Å². The van der Waals surface area contributed by atoms with Gasteiger partial charge in [0.1, 0.15) is 5.82 Å². The van der Waals surface area contributed by atoms with Crippen LogP contribution >= 0.6 is 11.6 Å². The third kappa shape index (κ3) is 5.36. The molecule has 2 aromatic rings. The largest absolute Gasteiger partial charge is 0.367 e. The lowest BCUT2D eigenvalue weighted by Crippen LogP contribution is -2.52. The highest BCUT2D eigenvalue weighted by Crippen LogP contribution is 2.25. The molecule has 0 atom stereocenters. The highest BCUT2D eigenvalue weighted by atomic mass is 35.5. The van der Waals surface area contributed by atoms with Gasteiger partial charge < -0.3 is 20.4 Å². The summed E-state index contributed by atoms with van der Waals surface area (Å²) in [6.07, 6.45) is 0. The third-order valence-corrected chi connectivity index (χ3v) is 4.91. The van der Waals surface area contributed by atoms with Crippen molar-refractivity contribution in [2.75, 3.05) is 37.6 Å². The summed E-state index contributed by atoms with van der Waals surface area (Å²) in [5.41, 5.74) is 1.74. The van der Waals surface area contributed by atoms with Gasteiger partial charge in [0, 0.05) is 32.7 Å². The van der Waals surface area contributed by atoms with E-state index in [1.54, 1.807) is 17.0 Å². The van der Waals surface area contributed by atoms with Gasteiger partial charge in [0.05, 0.1) is 17.3 Å². The second-order valence-corrected chi connectivity index (χ2v) is 6.89. The van der Waals surface area contributed by atoms with Crippen molar-refractivity contribution >= 4 is 29.2 Å². The number of urea groups is 1. The lowest BCUT2D eigenvalue weighted by molar-refractivity contribution is -0.130. The van der Waals surface area contributed by atoms with Crippen molar-refractivity contribution < 1.29 is 14.0 Å². The number of para-hydroxylation sites is 1. The van der Waals surface area contributed by atoms with Crippen LogP contribution in [-0.4, -0.2) is 49.6 Å². The van der Waals surface area contributed by atoms with Crippen LogP contribution in [0.2, 0.25) is 5.02 Å². The lowest BCUT2D eigenvalue weighted by Gasteiger charge is -2.36. The fourth-order valence-electron chi connectivity index (χ4n) is 3.02. The third-order valence-electron chi connectivity index (χ3n) is 4.59. The highest BCUT2D eigenvalue weighted by molar-refractivity contribution is 6.33. The number of amides is 3. The molecule has 0 radical (unpaired) electrons. The molecular weight excluding hydrogens is 383 g/mol. The quantitative estimate of drug-likeness (QED) is 0.805. The second-order valence-electron chi connectivity index (χ2n) is 6.48. The van der Waals surface area contributed by atoms with Crippen LogP contribution in [0.4, 0.5) is 14.9 Å². The van der Waals surface area contributed by atoms with E-state index in [2.05, 4.69) is 15.5 Å². The van der Waals surface area contributed by atoms with Crippen molar-refractivity contribution in [1.29, 1.82) is 0 Å². The first kappa shape index (κ1) is 19.9. The smallest absolute Gasteiger partial charge is 0.315 e. The maximum absolute atomic E-state index is 12.9. The summed E-state index contributed by atoms with van der Waals surface area (Å²) in [5, 5.41) is 5.90. The first-order valence-corrected chi connectivity index (χ1v) is 9.44. The van der Waals surface area contributed by atoms with Crippen LogP contribution in [0, 0.1) is 5.82 Å². The number of anilines is 1. The topological polar surface area (TPSA) is 64.7 Å². The van der Waals surface area contributed by atoms with Gasteiger partial charge in [0.25, 0.3) is 0 Å². The summed E-state index contributed by atoms with van der Waals surface area (Å²) in [6.45, 7) is 2.71. The van der Waals surface area contributed by atoms with E-state index in [1.165, 1.54) is 12.1 Å². The number of benzene rings is 2. The summed E-state index contributed by atoms with van der Waals surface area (Å²) in [5.74, 6) is -0.454. The van der Waals surface area contributed by atoms with E-state index in [4.69, 9.17) is 11.6 Å². The van der Waals surface area contributed by atoms with Gasteiger partial charge in [-0.1, -0.05) is 35.9 Å². The lowest BCUT2D eigenvalue weighted by atomic mass is 10.2. The van der Waals surface area contributed by atoms with Crippen LogP contribution in [0.5, 0.6) is 0 Å². The summed E-state index contributed by atoms with van der Waals surface area (Å²) in [4.78, 5) is 28.1. The fourth-order valence-corrected chi connectivity index (χ4v) is 3.27. The molecule has 6 nitrogen and oxygen atoms in total. The van der Waals surface area contributed by atoms with E-state index in [0.717, 1.165) is 11.3 Å². The van der Waals surface area contributed by atoms with Gasteiger partial charge in [-0.3, -0.25) is 4.79 Å². The molecule has 0 saturated carbocycles. The van der Waals surface area contributed by atoms with E-state index in [1.807, 2.05) is 24.3 Å². The van der Waals surface area contributed by atoms with E-state index >= 15 is 0 Å². The standard InChI is InChI=1S/C20H22ClFN4O2/c21-17-3-1-2-4-18(17)25-9-11-26(12-10-25)19(27)14-24-20(28)23-13-15-5-7-16(22)8-6-15/h1-8H,9-14H2,(H2,23,24,28). The van der Waals surface area contributed by atoms with Gasteiger partial charge in [0.2, 0.25) is 5.91 Å². The number of hydrogen-bond acceptors (Lipinski definition) is 3. The number of nitrogens with one attached hydrogen (secondary N) is 2. The number of carbonyl (C=O) groups excluding carboxylic acids is 2. The van der Waals surface area contributed by atoms with Gasteiger partial charge in [-0.25, -0.2) is 9.18 Å². The monoisotopic (exact) mass is 404 g/mol. The summed E-state index contributed by atoms with van der Waals surface area (Å²) < 4.78 is 12.9. The molecule has 148 valence electrons. The first-order valence-electron chi connectivity index (χ1n) is 9.06. The number of piperazine rings is 1. The van der Waals surface area contributed by atoms with Crippen LogP contribution in [0.1, 0.15) is 5.56 Å². The molecule has 3 rings (SSSR count). The Bertz CT molecular complexity index is 823. The SMILES string of the molecule is O=C(NCC(=O)N1CCN(c2ccccc2Cl)CC1)NCc1ccc(F)cc1. The molecule has 0 aliphatic carbocycles. The molecule has 0 unspecified atom stereocenters. The van der Waals surface area contributed by atoms with Gasteiger partial charge in [-0.2, -0.15) is 0 Å². The van der Waals surface area contributed by atoms with Crippen LogP contribution < -0.4 is 15.5 Å². The van der Waals surface area contributed by atoms with Crippen LogP contribution in [0.3, 0.4) is 0 Å². The highest BCUT2D eigenvalue weighted by Gasteiger charge is 2.22. The predicted octanol–water partition coefficient (Wildman–Crippen LogP) is 2.63. The van der Waals surface area contributed by atoms with E-state index in [9.17, 15) is 14.0 Å². The number of hydrogen-bond donors (Lipinski definition) is 2. The molecule has 0 spiro atoms. The molecule has 1 heterocycles. The van der Waals surface area contributed by atoms with Crippen molar-refractivity contribution in [1.82, 2.24) is 15.5 Å². The fraction of sp³-hybridized carbons (Fsp3) is 0.300. The Kier molecular flexibility index (Phi) is 6.71. The number of nitrogens with zero attached hydrogens (tertiary/aromatic N) is 2. The molecule has 3 amide bonds. The van der Waals surface area contributed by atoms with Crippen LogP contribution in [0.25, 0.3) is 0 Å². The zero-order valence-corrected chi connectivity index (χ0v) is 16.1. The molecule has 0 aromatic heterocycles. The molecule has 28 heavy (non-hydrogen) atoms. The molecule has 8 heteroatoms. The van der Waals surface area contributed by atoms with Crippen molar-refractivity contribution in [3.8, 4) is 0 Å². The predicted molar refractivity (Wildman–Crippen MR) is 107 cm³/mol. The van der Waals surface area contributed by atoms with Gasteiger partial charge in [0.15, 0.2) is 0 Å². The van der Waals surface area contributed by atoms with Crippen molar-refractivity contribution in [3.63, 3.8) is 0 Å². The van der Waals surface area contributed by atoms with E-state index in [-0.39, 0.29) is 24.8 Å². The summed E-state index contributed by atoms with van der Waals surface area (Å²) >= 11 is 6.23. The Morgan fingerprint density at radius 3 is 2.32 bits per heavy atom. The Morgan fingerprint density at radius 1 is 0.964 bits per heavy atom. The first-order chi connectivity index (χ1) is 13.5. The van der Waals surface area contributed by atoms with Crippen molar-refractivity contribution in [3.05, 3.63) is 64.9 Å². The Balaban J connectivity index is 1.39. The Morgan fingerprint density at radius 2 is 1.64 bits per heavy atom. The summed E-state index contributed by atoms with van der Waals surface area (Å²) in [6, 6.07) is 13.1. The molecule has 1 aliphatic heterocycles. The van der Waals surface area contributed by atoms with Gasteiger partial charge >= 0.3 is 6.03 Å². The molecule has 0 bridgehead atoms. The molecule has 1 aliphatic rings. The van der Waals surface area contributed by atoms with Gasteiger partial charge in [-0.15, -0.1) is 0 Å². The Hall–Kier alpha value is -2.80. The second kappa shape index (κ2) is 9.41. The van der Waals surface area contributed by atoms with Crippen molar-refractivity contribution in [2.24, 2.45) is 0 Å². The number of halogens is 2. The summed E-state index contributed by atoms with van der Waals surface area (Å²) in [7, 11) is 0. The minimum atomic E-state index is -0.438. The van der Waals surface area contributed by atoms with E-state index < -0.39 is 6.03 Å². The average Bonchev–Trinajstić information content (AvgIpc) is 2.72. The van der Waals surface area contributed by atoms with Crippen molar-refractivity contribution in [2.45, 2.75) is 6.54 Å². The minimum Gasteiger partial charge on any atom is -0.367 e. The molecule has 2 aromatic carbocycles. The minimum absolute atomic E-state index is 0.0681. The van der Waals surface area contributed by atoms with Crippen LogP contribution in [0.15, 0.2) is 48.5 Å².